The molecule has 1 unspecified atom stereocenters. The molecule has 0 saturated carbocycles. The van der Waals surface area contributed by atoms with E-state index in [2.05, 4.69) is 5.32 Å². The molecule has 0 spiro atoms. The standard InChI is InChI=1S/C26H20Cl2N2O4/c1-15(24(31)29-21-14-17(27)12-13-20(21)28)34-26(33)23-22(16-8-4-3-5-9-16)18-10-6-7-11-19(18)25(32)30(23)2/h3-15H,1-2H3,(H,29,31). The molecule has 1 heterocycles. The van der Waals surface area contributed by atoms with Crippen LogP contribution < -0.4 is 10.9 Å². The number of hydrogen-bond donors (Lipinski definition) is 1. The van der Waals surface area contributed by atoms with Crippen molar-refractivity contribution in [3.8, 4) is 11.1 Å². The Morgan fingerprint density at radius 1 is 0.941 bits per heavy atom. The third-order valence-electron chi connectivity index (χ3n) is 5.40. The minimum absolute atomic E-state index is 0.0512. The minimum atomic E-state index is -1.17. The monoisotopic (exact) mass is 494 g/mol. The maximum atomic E-state index is 13.3. The van der Waals surface area contributed by atoms with Crippen molar-refractivity contribution in [2.75, 3.05) is 5.32 Å². The Bertz CT molecular complexity index is 1470. The van der Waals surface area contributed by atoms with E-state index in [1.54, 1.807) is 36.4 Å². The summed E-state index contributed by atoms with van der Waals surface area (Å²) in [5, 5.41) is 4.38. The van der Waals surface area contributed by atoms with Gasteiger partial charge >= 0.3 is 5.97 Å². The summed E-state index contributed by atoms with van der Waals surface area (Å²) in [6.45, 7) is 1.44. The first kappa shape index (κ1) is 23.5. The zero-order valence-electron chi connectivity index (χ0n) is 18.3. The van der Waals surface area contributed by atoms with Crippen molar-refractivity contribution in [1.29, 1.82) is 0 Å². The number of esters is 1. The van der Waals surface area contributed by atoms with Crippen LogP contribution in [-0.4, -0.2) is 22.5 Å². The molecule has 1 N–H and O–H groups in total. The third-order valence-corrected chi connectivity index (χ3v) is 5.96. The van der Waals surface area contributed by atoms with Crippen LogP contribution in [0.2, 0.25) is 10.0 Å². The van der Waals surface area contributed by atoms with Crippen LogP contribution in [0.4, 0.5) is 5.69 Å². The van der Waals surface area contributed by atoms with Crippen LogP contribution in [0, 0.1) is 0 Å². The first-order valence-corrected chi connectivity index (χ1v) is 11.2. The summed E-state index contributed by atoms with van der Waals surface area (Å²) in [4.78, 5) is 39.1. The molecule has 3 aromatic carbocycles. The van der Waals surface area contributed by atoms with Gasteiger partial charge in [0.1, 0.15) is 5.69 Å². The number of nitrogens with one attached hydrogen (secondary N) is 1. The average Bonchev–Trinajstić information content (AvgIpc) is 2.83. The van der Waals surface area contributed by atoms with Crippen molar-refractivity contribution in [2.45, 2.75) is 13.0 Å². The number of amides is 1. The zero-order valence-corrected chi connectivity index (χ0v) is 19.9. The predicted molar refractivity (Wildman–Crippen MR) is 135 cm³/mol. The molecular weight excluding hydrogens is 475 g/mol. The minimum Gasteiger partial charge on any atom is -0.448 e. The third kappa shape index (κ3) is 4.55. The largest absolute Gasteiger partial charge is 0.448 e. The highest BCUT2D eigenvalue weighted by atomic mass is 35.5. The lowest BCUT2D eigenvalue weighted by molar-refractivity contribution is -0.123. The maximum Gasteiger partial charge on any atom is 0.356 e. The van der Waals surface area contributed by atoms with Gasteiger partial charge in [-0.15, -0.1) is 0 Å². The van der Waals surface area contributed by atoms with Crippen molar-refractivity contribution in [1.82, 2.24) is 4.57 Å². The summed E-state index contributed by atoms with van der Waals surface area (Å²) in [5.41, 5.74) is 1.29. The lowest BCUT2D eigenvalue weighted by atomic mass is 9.97. The molecule has 0 aliphatic heterocycles. The van der Waals surface area contributed by atoms with Gasteiger partial charge in [-0.3, -0.25) is 9.59 Å². The van der Waals surface area contributed by atoms with Crippen LogP contribution in [0.1, 0.15) is 17.4 Å². The van der Waals surface area contributed by atoms with Gasteiger partial charge in [0.25, 0.3) is 11.5 Å². The SMILES string of the molecule is CC(OC(=O)c1c(-c2ccccc2)c2ccccc2c(=O)n1C)C(=O)Nc1cc(Cl)ccc1Cl. The van der Waals surface area contributed by atoms with Crippen molar-refractivity contribution in [3.05, 3.63) is 98.9 Å². The van der Waals surface area contributed by atoms with Gasteiger partial charge in [-0.2, -0.15) is 0 Å². The fraction of sp³-hybridized carbons (Fsp3) is 0.115. The number of aromatic nitrogens is 1. The highest BCUT2D eigenvalue weighted by Gasteiger charge is 2.26. The highest BCUT2D eigenvalue weighted by molar-refractivity contribution is 6.35. The smallest absolute Gasteiger partial charge is 0.356 e. The van der Waals surface area contributed by atoms with E-state index in [0.717, 1.165) is 5.56 Å². The molecule has 1 amide bonds. The van der Waals surface area contributed by atoms with Gasteiger partial charge in [-0.05, 0) is 42.1 Å². The van der Waals surface area contributed by atoms with Crippen LogP contribution in [0.15, 0.2) is 77.6 Å². The van der Waals surface area contributed by atoms with E-state index in [1.165, 1.54) is 24.6 Å². The summed E-state index contributed by atoms with van der Waals surface area (Å²) in [5.74, 6) is -1.39. The normalized spacial score (nSPS) is 11.8. The second kappa shape index (κ2) is 9.71. The van der Waals surface area contributed by atoms with Crippen molar-refractivity contribution in [3.63, 3.8) is 0 Å². The van der Waals surface area contributed by atoms with E-state index in [4.69, 9.17) is 27.9 Å². The van der Waals surface area contributed by atoms with Crippen molar-refractivity contribution < 1.29 is 14.3 Å². The van der Waals surface area contributed by atoms with Crippen molar-refractivity contribution in [2.24, 2.45) is 7.05 Å². The van der Waals surface area contributed by atoms with Gasteiger partial charge in [0.05, 0.1) is 10.7 Å². The summed E-state index contributed by atoms with van der Waals surface area (Å²) in [6, 6.07) is 20.9. The first-order chi connectivity index (χ1) is 16.3. The summed E-state index contributed by atoms with van der Waals surface area (Å²) in [7, 11) is 1.51. The van der Waals surface area contributed by atoms with E-state index >= 15 is 0 Å². The van der Waals surface area contributed by atoms with Crippen LogP contribution >= 0.6 is 23.2 Å². The molecule has 172 valence electrons. The molecule has 0 fully saturated rings. The highest BCUT2D eigenvalue weighted by Crippen LogP contribution is 2.31. The number of halogens is 2. The topological polar surface area (TPSA) is 77.4 Å². The van der Waals surface area contributed by atoms with E-state index in [1.807, 2.05) is 30.3 Å². The van der Waals surface area contributed by atoms with Crippen LogP contribution in [0.25, 0.3) is 21.9 Å². The molecule has 34 heavy (non-hydrogen) atoms. The number of anilines is 1. The molecule has 8 heteroatoms. The zero-order chi connectivity index (χ0) is 24.4. The number of benzene rings is 3. The molecule has 4 aromatic rings. The fourth-order valence-corrected chi connectivity index (χ4v) is 4.04. The number of hydrogen-bond acceptors (Lipinski definition) is 4. The van der Waals surface area contributed by atoms with Crippen LogP contribution in [0.5, 0.6) is 0 Å². The Morgan fingerprint density at radius 2 is 1.59 bits per heavy atom. The number of carbonyl (C=O) groups is 2. The maximum absolute atomic E-state index is 13.3. The molecule has 0 aliphatic carbocycles. The van der Waals surface area contributed by atoms with Gasteiger partial charge in [0, 0.05) is 23.0 Å². The second-order valence-electron chi connectivity index (χ2n) is 7.66. The van der Waals surface area contributed by atoms with Crippen LogP contribution in [0.3, 0.4) is 0 Å². The molecule has 0 saturated heterocycles. The lowest BCUT2D eigenvalue weighted by Crippen LogP contribution is -2.33. The molecule has 0 radical (unpaired) electrons. The Balaban J connectivity index is 1.72. The number of rotatable bonds is 5. The molecule has 0 bridgehead atoms. The average molecular weight is 495 g/mol. The Kier molecular flexibility index (Phi) is 6.72. The quantitative estimate of drug-likeness (QED) is 0.361. The first-order valence-electron chi connectivity index (χ1n) is 10.4. The number of nitrogens with zero attached hydrogens (tertiary/aromatic N) is 1. The molecule has 1 atom stereocenters. The Labute approximate surface area is 205 Å². The van der Waals surface area contributed by atoms with Crippen molar-refractivity contribution >= 4 is 51.5 Å². The van der Waals surface area contributed by atoms with Crippen LogP contribution in [-0.2, 0) is 16.6 Å². The molecule has 1 aromatic heterocycles. The summed E-state index contributed by atoms with van der Waals surface area (Å²) < 4.78 is 6.76. The van der Waals surface area contributed by atoms with Gasteiger partial charge < -0.3 is 14.6 Å². The fourth-order valence-electron chi connectivity index (χ4n) is 3.70. The predicted octanol–water partition coefficient (Wildman–Crippen LogP) is 5.70. The van der Waals surface area contributed by atoms with Gasteiger partial charge in [-0.1, -0.05) is 71.7 Å². The number of ether oxygens (including phenoxy) is 1. The van der Waals surface area contributed by atoms with Gasteiger partial charge in [-0.25, -0.2) is 4.79 Å². The van der Waals surface area contributed by atoms with E-state index in [9.17, 15) is 14.4 Å². The molecule has 0 aliphatic rings. The Hall–Kier alpha value is -3.61. The molecule has 6 nitrogen and oxygen atoms in total. The molecule has 4 rings (SSSR count). The van der Waals surface area contributed by atoms with Gasteiger partial charge in [0.15, 0.2) is 6.10 Å². The summed E-state index contributed by atoms with van der Waals surface area (Å²) in [6.07, 6.45) is -1.17. The van der Waals surface area contributed by atoms with Gasteiger partial charge in [0.2, 0.25) is 0 Å². The molecular formula is C26H20Cl2N2O4. The van der Waals surface area contributed by atoms with E-state index in [-0.39, 0.29) is 11.3 Å². The van der Waals surface area contributed by atoms with E-state index in [0.29, 0.717) is 32.1 Å². The summed E-state index contributed by atoms with van der Waals surface area (Å²) >= 11 is 12.1. The van der Waals surface area contributed by atoms with E-state index < -0.39 is 18.0 Å². The second-order valence-corrected chi connectivity index (χ2v) is 8.50. The number of pyridine rings is 1. The number of carbonyl (C=O) groups excluding carboxylic acids is 2. The number of fused-ring (bicyclic) bond motifs is 1. The lowest BCUT2D eigenvalue weighted by Gasteiger charge is -2.19. The Morgan fingerprint density at radius 3 is 2.29 bits per heavy atom.